The van der Waals surface area contributed by atoms with E-state index in [9.17, 15) is 0 Å². The number of anilines is 1. The molecule has 25 heavy (non-hydrogen) atoms. The van der Waals surface area contributed by atoms with Gasteiger partial charge in [0.1, 0.15) is 0 Å². The number of hydrogen-bond acceptors (Lipinski definition) is 3. The first-order valence-corrected chi connectivity index (χ1v) is 9.07. The molecule has 1 N–H and O–H groups in total. The Balaban J connectivity index is 2.21. The van der Waals surface area contributed by atoms with Gasteiger partial charge in [0, 0.05) is 30.0 Å². The molecule has 0 aliphatic rings. The Kier molecular flexibility index (Phi) is 7.17. The lowest BCUT2D eigenvalue weighted by Gasteiger charge is -2.32. The van der Waals surface area contributed by atoms with E-state index in [1.165, 1.54) is 0 Å². The summed E-state index contributed by atoms with van der Waals surface area (Å²) in [7, 11) is 4.11. The summed E-state index contributed by atoms with van der Waals surface area (Å²) in [6.07, 6.45) is 1.81. The van der Waals surface area contributed by atoms with Crippen LogP contribution < -0.4 is 5.32 Å². The summed E-state index contributed by atoms with van der Waals surface area (Å²) in [6.45, 7) is 5.81. The van der Waals surface area contributed by atoms with Crippen molar-refractivity contribution in [2.45, 2.75) is 19.9 Å². The van der Waals surface area contributed by atoms with Gasteiger partial charge in [-0.15, -0.1) is 0 Å². The summed E-state index contributed by atoms with van der Waals surface area (Å²) in [5.41, 5.74) is 2.92. The normalized spacial score (nSPS) is 12.1. The molecular formula is C19H25ClN4S. The van der Waals surface area contributed by atoms with Crippen LogP contribution in [0.5, 0.6) is 0 Å². The molecule has 0 fully saturated rings. The molecule has 0 aliphatic heterocycles. The molecule has 0 aliphatic carbocycles. The molecule has 0 saturated carbocycles. The molecule has 0 spiro atoms. The molecule has 0 saturated heterocycles. The Bertz CT molecular complexity index is 706. The monoisotopic (exact) mass is 376 g/mol. The molecule has 2 aromatic rings. The van der Waals surface area contributed by atoms with E-state index >= 15 is 0 Å². The third-order valence-corrected chi connectivity index (χ3v) is 4.89. The van der Waals surface area contributed by atoms with Crippen LogP contribution in [0, 0.1) is 6.92 Å². The van der Waals surface area contributed by atoms with E-state index in [4.69, 9.17) is 23.8 Å². The summed E-state index contributed by atoms with van der Waals surface area (Å²) in [4.78, 5) is 8.79. The number of aromatic nitrogens is 1. The lowest BCUT2D eigenvalue weighted by atomic mass is 10.2. The highest BCUT2D eigenvalue weighted by Gasteiger charge is 2.20. The van der Waals surface area contributed by atoms with Crippen molar-refractivity contribution in [1.29, 1.82) is 0 Å². The van der Waals surface area contributed by atoms with E-state index in [1.54, 1.807) is 0 Å². The quantitative estimate of drug-likeness (QED) is 0.757. The Morgan fingerprint density at radius 3 is 2.60 bits per heavy atom. The second kappa shape index (κ2) is 9.13. The summed E-state index contributed by atoms with van der Waals surface area (Å²) in [6, 6.07) is 11.8. The zero-order valence-electron chi connectivity index (χ0n) is 15.2. The number of likely N-dealkylation sites (N-methyl/N-ethyl adjacent to an activating group) is 1. The summed E-state index contributed by atoms with van der Waals surface area (Å²) in [5.74, 6) is 0. The number of hydrogen-bond donors (Lipinski definition) is 1. The van der Waals surface area contributed by atoms with Crippen LogP contribution in [-0.2, 0) is 0 Å². The molecule has 4 nitrogen and oxygen atoms in total. The van der Waals surface area contributed by atoms with Crippen LogP contribution in [-0.4, -0.2) is 47.1 Å². The van der Waals surface area contributed by atoms with Gasteiger partial charge in [-0.05, 0) is 70.0 Å². The largest absolute Gasteiger partial charge is 0.339 e. The van der Waals surface area contributed by atoms with Gasteiger partial charge in [-0.1, -0.05) is 23.7 Å². The zero-order chi connectivity index (χ0) is 18.4. The fourth-order valence-electron chi connectivity index (χ4n) is 2.49. The van der Waals surface area contributed by atoms with E-state index in [0.29, 0.717) is 5.11 Å². The SMILES string of the molecule is Cc1c(Cl)cccc1NC(=S)N(CCN(C)C)[C@@H](C)c1ccccn1. The van der Waals surface area contributed by atoms with Gasteiger partial charge in [-0.2, -0.15) is 0 Å². The third-order valence-electron chi connectivity index (χ3n) is 4.14. The van der Waals surface area contributed by atoms with Crippen LogP contribution in [0.4, 0.5) is 5.69 Å². The zero-order valence-corrected chi connectivity index (χ0v) is 16.7. The van der Waals surface area contributed by atoms with Crippen molar-refractivity contribution in [1.82, 2.24) is 14.8 Å². The van der Waals surface area contributed by atoms with Gasteiger partial charge in [0.15, 0.2) is 5.11 Å². The van der Waals surface area contributed by atoms with E-state index in [0.717, 1.165) is 35.1 Å². The fraction of sp³-hybridized carbons (Fsp3) is 0.368. The first kappa shape index (κ1) is 19.6. The standard InChI is InChI=1S/C19H25ClN4S/c1-14-16(20)8-7-10-17(14)22-19(25)24(13-12-23(3)4)15(2)18-9-5-6-11-21-18/h5-11,15H,12-13H2,1-4H3,(H,22,25)/t15-/m0/s1. The van der Waals surface area contributed by atoms with E-state index < -0.39 is 0 Å². The Morgan fingerprint density at radius 2 is 1.96 bits per heavy atom. The third kappa shape index (κ3) is 5.39. The lowest BCUT2D eigenvalue weighted by molar-refractivity contribution is 0.286. The Hall–Kier alpha value is -1.69. The molecule has 1 heterocycles. The van der Waals surface area contributed by atoms with Crippen molar-refractivity contribution >= 4 is 34.6 Å². The summed E-state index contributed by atoms with van der Waals surface area (Å²) >= 11 is 11.9. The average molecular weight is 377 g/mol. The number of rotatable bonds is 6. The summed E-state index contributed by atoms with van der Waals surface area (Å²) in [5, 5.41) is 4.75. The molecule has 0 radical (unpaired) electrons. The maximum Gasteiger partial charge on any atom is 0.174 e. The number of thiocarbonyl (C=S) groups is 1. The summed E-state index contributed by atoms with van der Waals surface area (Å²) < 4.78 is 0. The fourth-order valence-corrected chi connectivity index (χ4v) is 3.03. The van der Waals surface area contributed by atoms with Crippen molar-refractivity contribution < 1.29 is 0 Å². The van der Waals surface area contributed by atoms with Gasteiger partial charge in [0.05, 0.1) is 11.7 Å². The lowest BCUT2D eigenvalue weighted by Crippen LogP contribution is -2.41. The highest BCUT2D eigenvalue weighted by atomic mass is 35.5. The van der Waals surface area contributed by atoms with Crippen LogP contribution in [0.25, 0.3) is 0 Å². The van der Waals surface area contributed by atoms with Gasteiger partial charge in [-0.25, -0.2) is 0 Å². The second-order valence-electron chi connectivity index (χ2n) is 6.27. The Morgan fingerprint density at radius 1 is 1.20 bits per heavy atom. The molecular weight excluding hydrogens is 352 g/mol. The molecule has 1 aromatic carbocycles. The van der Waals surface area contributed by atoms with Crippen molar-refractivity contribution in [2.75, 3.05) is 32.5 Å². The first-order chi connectivity index (χ1) is 11.9. The number of halogens is 1. The number of nitrogens with zero attached hydrogens (tertiary/aromatic N) is 3. The molecule has 2 rings (SSSR count). The van der Waals surface area contributed by atoms with Crippen molar-refractivity contribution in [3.8, 4) is 0 Å². The van der Waals surface area contributed by atoms with Crippen molar-refractivity contribution in [3.05, 3.63) is 58.9 Å². The van der Waals surface area contributed by atoms with Crippen LogP contribution in [0.1, 0.15) is 24.2 Å². The minimum atomic E-state index is 0.0700. The second-order valence-corrected chi connectivity index (χ2v) is 7.06. The van der Waals surface area contributed by atoms with E-state index in [2.05, 4.69) is 41.1 Å². The molecule has 1 aromatic heterocycles. The van der Waals surface area contributed by atoms with E-state index in [1.807, 2.05) is 49.5 Å². The smallest absolute Gasteiger partial charge is 0.174 e. The molecule has 0 unspecified atom stereocenters. The van der Waals surface area contributed by atoms with Crippen molar-refractivity contribution in [2.24, 2.45) is 0 Å². The van der Waals surface area contributed by atoms with Gasteiger partial charge in [0.25, 0.3) is 0 Å². The molecule has 6 heteroatoms. The van der Waals surface area contributed by atoms with Gasteiger partial charge < -0.3 is 15.1 Å². The van der Waals surface area contributed by atoms with Gasteiger partial charge >= 0.3 is 0 Å². The predicted octanol–water partition coefficient (Wildman–Crippen LogP) is 4.37. The van der Waals surface area contributed by atoms with Crippen molar-refractivity contribution in [3.63, 3.8) is 0 Å². The average Bonchev–Trinajstić information content (AvgIpc) is 2.59. The Labute approximate surface area is 160 Å². The van der Waals surface area contributed by atoms with Crippen LogP contribution in [0.2, 0.25) is 5.02 Å². The first-order valence-electron chi connectivity index (χ1n) is 8.28. The number of pyridine rings is 1. The molecule has 134 valence electrons. The minimum absolute atomic E-state index is 0.0700. The highest BCUT2D eigenvalue weighted by Crippen LogP contribution is 2.25. The number of nitrogens with one attached hydrogen (secondary N) is 1. The van der Waals surface area contributed by atoms with Gasteiger partial charge in [0.2, 0.25) is 0 Å². The minimum Gasteiger partial charge on any atom is -0.339 e. The maximum atomic E-state index is 6.22. The highest BCUT2D eigenvalue weighted by molar-refractivity contribution is 7.80. The maximum absolute atomic E-state index is 6.22. The number of benzene rings is 1. The molecule has 0 amide bonds. The molecule has 0 bridgehead atoms. The topological polar surface area (TPSA) is 31.4 Å². The van der Waals surface area contributed by atoms with E-state index in [-0.39, 0.29) is 6.04 Å². The van der Waals surface area contributed by atoms with Gasteiger partial charge in [-0.3, -0.25) is 4.98 Å². The molecule has 1 atom stereocenters. The van der Waals surface area contributed by atoms with Crippen LogP contribution in [0.15, 0.2) is 42.6 Å². The van der Waals surface area contributed by atoms with Crippen LogP contribution >= 0.6 is 23.8 Å². The van der Waals surface area contributed by atoms with Crippen LogP contribution in [0.3, 0.4) is 0 Å². The predicted molar refractivity (Wildman–Crippen MR) is 110 cm³/mol.